The molecule has 0 bridgehead atoms. The Bertz CT molecular complexity index is 198. The zero-order valence-corrected chi connectivity index (χ0v) is 12.3. The minimum atomic E-state index is 0.155. The molecular formula is C13H28N2OS. The molecule has 0 saturated heterocycles. The average molecular weight is 260 g/mol. The van der Waals surface area contributed by atoms with E-state index in [2.05, 4.69) is 26.1 Å². The van der Waals surface area contributed by atoms with Crippen LogP contribution in [0.4, 0.5) is 0 Å². The summed E-state index contributed by atoms with van der Waals surface area (Å²) in [6.45, 7) is 7.90. The highest BCUT2D eigenvalue weighted by molar-refractivity contribution is 7.99. The van der Waals surface area contributed by atoms with Gasteiger partial charge in [-0.3, -0.25) is 4.79 Å². The van der Waals surface area contributed by atoms with Gasteiger partial charge in [-0.05, 0) is 42.7 Å². The molecule has 3 N–H and O–H groups in total. The van der Waals surface area contributed by atoms with Crippen LogP contribution in [0.2, 0.25) is 0 Å². The molecule has 0 heterocycles. The first-order valence-electron chi connectivity index (χ1n) is 6.64. The van der Waals surface area contributed by atoms with Crippen LogP contribution in [0.25, 0.3) is 0 Å². The lowest BCUT2D eigenvalue weighted by molar-refractivity contribution is -0.122. The van der Waals surface area contributed by atoms with E-state index in [9.17, 15) is 4.79 Å². The third-order valence-corrected chi connectivity index (χ3v) is 3.59. The van der Waals surface area contributed by atoms with Gasteiger partial charge in [-0.15, -0.1) is 0 Å². The maximum absolute atomic E-state index is 11.7. The van der Waals surface area contributed by atoms with Crippen LogP contribution in [-0.2, 0) is 4.79 Å². The number of hydrogen-bond donors (Lipinski definition) is 2. The van der Waals surface area contributed by atoms with E-state index in [-0.39, 0.29) is 5.91 Å². The molecule has 0 spiro atoms. The monoisotopic (exact) mass is 260 g/mol. The van der Waals surface area contributed by atoms with Gasteiger partial charge in [0.25, 0.3) is 0 Å². The minimum absolute atomic E-state index is 0.155. The summed E-state index contributed by atoms with van der Waals surface area (Å²) in [7, 11) is 0. The molecule has 0 unspecified atom stereocenters. The molecule has 17 heavy (non-hydrogen) atoms. The van der Waals surface area contributed by atoms with Crippen molar-refractivity contribution in [2.45, 2.75) is 40.0 Å². The van der Waals surface area contributed by atoms with Gasteiger partial charge in [0.15, 0.2) is 0 Å². The molecule has 0 aliphatic rings. The third kappa shape index (κ3) is 10.6. The third-order valence-electron chi connectivity index (χ3n) is 2.60. The number of rotatable bonds is 10. The molecule has 4 heteroatoms. The summed E-state index contributed by atoms with van der Waals surface area (Å²) in [5, 5.41) is 2.97. The van der Waals surface area contributed by atoms with Crippen LogP contribution in [-0.4, -0.2) is 30.5 Å². The maximum atomic E-state index is 11.7. The molecule has 1 amide bonds. The Morgan fingerprint density at radius 3 is 2.65 bits per heavy atom. The van der Waals surface area contributed by atoms with Crippen LogP contribution in [0, 0.1) is 11.8 Å². The van der Waals surface area contributed by atoms with Crippen LogP contribution in [0.1, 0.15) is 40.0 Å². The molecule has 0 aromatic carbocycles. The lowest BCUT2D eigenvalue weighted by Crippen LogP contribution is -2.29. The van der Waals surface area contributed by atoms with Crippen molar-refractivity contribution in [3.8, 4) is 0 Å². The van der Waals surface area contributed by atoms with E-state index in [4.69, 9.17) is 5.73 Å². The van der Waals surface area contributed by atoms with Crippen LogP contribution in [0.3, 0.4) is 0 Å². The smallest absolute Gasteiger partial charge is 0.220 e. The van der Waals surface area contributed by atoms with Gasteiger partial charge in [-0.25, -0.2) is 0 Å². The highest BCUT2D eigenvalue weighted by Gasteiger charge is 2.13. The van der Waals surface area contributed by atoms with Crippen molar-refractivity contribution in [1.82, 2.24) is 5.32 Å². The van der Waals surface area contributed by atoms with Crippen LogP contribution >= 0.6 is 11.8 Å². The van der Waals surface area contributed by atoms with Gasteiger partial charge >= 0.3 is 0 Å². The van der Waals surface area contributed by atoms with Gasteiger partial charge in [0, 0.05) is 13.0 Å². The van der Waals surface area contributed by atoms with Gasteiger partial charge in [0.1, 0.15) is 0 Å². The average Bonchev–Trinajstić information content (AvgIpc) is 2.27. The Hall–Kier alpha value is -0.220. The summed E-state index contributed by atoms with van der Waals surface area (Å²) in [5.74, 6) is 3.38. The number of amides is 1. The van der Waals surface area contributed by atoms with E-state index in [1.807, 2.05) is 11.8 Å². The van der Waals surface area contributed by atoms with Gasteiger partial charge in [-0.2, -0.15) is 11.8 Å². The van der Waals surface area contributed by atoms with Crippen molar-refractivity contribution in [3.63, 3.8) is 0 Å². The first-order valence-corrected chi connectivity index (χ1v) is 7.80. The number of hydrogen-bond acceptors (Lipinski definition) is 3. The number of thioether (sulfide) groups is 1. The van der Waals surface area contributed by atoms with Crippen LogP contribution in [0.15, 0.2) is 0 Å². The summed E-state index contributed by atoms with van der Waals surface area (Å²) in [6.07, 6.45) is 2.67. The van der Waals surface area contributed by atoms with Crippen molar-refractivity contribution < 1.29 is 4.79 Å². The van der Waals surface area contributed by atoms with E-state index in [0.29, 0.717) is 24.8 Å². The van der Waals surface area contributed by atoms with Crippen molar-refractivity contribution in [2.75, 3.05) is 24.6 Å². The molecule has 102 valence electrons. The molecule has 0 aliphatic carbocycles. The van der Waals surface area contributed by atoms with E-state index in [0.717, 1.165) is 30.9 Å². The van der Waals surface area contributed by atoms with Crippen molar-refractivity contribution in [2.24, 2.45) is 17.6 Å². The fourth-order valence-corrected chi connectivity index (χ4v) is 2.45. The number of nitrogens with one attached hydrogen (secondary N) is 1. The van der Waals surface area contributed by atoms with Gasteiger partial charge in [0.05, 0.1) is 0 Å². The SMILES string of the molecule is CCSCCCNC(=O)C[C@@H](CN)CC(C)C. The van der Waals surface area contributed by atoms with E-state index in [1.54, 1.807) is 0 Å². The number of nitrogens with two attached hydrogens (primary N) is 1. The standard InChI is InChI=1S/C13H28N2OS/c1-4-17-7-5-6-15-13(16)9-12(10-14)8-11(2)3/h11-12H,4-10,14H2,1-3H3,(H,15,16)/t12-/m0/s1. The molecule has 1 atom stereocenters. The minimum Gasteiger partial charge on any atom is -0.356 e. The summed E-state index contributed by atoms with van der Waals surface area (Å²) in [5.41, 5.74) is 5.68. The van der Waals surface area contributed by atoms with Crippen molar-refractivity contribution in [3.05, 3.63) is 0 Å². The Morgan fingerprint density at radius 1 is 1.41 bits per heavy atom. The highest BCUT2D eigenvalue weighted by Crippen LogP contribution is 2.13. The Morgan fingerprint density at radius 2 is 2.12 bits per heavy atom. The van der Waals surface area contributed by atoms with E-state index < -0.39 is 0 Å². The fraction of sp³-hybridized carbons (Fsp3) is 0.923. The van der Waals surface area contributed by atoms with Gasteiger partial charge in [-0.1, -0.05) is 20.8 Å². The van der Waals surface area contributed by atoms with Crippen LogP contribution in [0.5, 0.6) is 0 Å². The zero-order chi connectivity index (χ0) is 13.1. The second-order valence-electron chi connectivity index (χ2n) is 4.84. The molecule has 0 saturated carbocycles. The molecule has 0 fully saturated rings. The molecule has 0 radical (unpaired) electrons. The lowest BCUT2D eigenvalue weighted by Gasteiger charge is -2.16. The van der Waals surface area contributed by atoms with Crippen LogP contribution < -0.4 is 11.1 Å². The highest BCUT2D eigenvalue weighted by atomic mass is 32.2. The predicted octanol–water partition coefficient (Wildman–Crippen LogP) is 2.26. The summed E-state index contributed by atoms with van der Waals surface area (Å²) in [4.78, 5) is 11.7. The topological polar surface area (TPSA) is 55.1 Å². The largest absolute Gasteiger partial charge is 0.356 e. The van der Waals surface area contributed by atoms with Gasteiger partial charge in [0.2, 0.25) is 5.91 Å². The van der Waals surface area contributed by atoms with Gasteiger partial charge < -0.3 is 11.1 Å². The predicted molar refractivity (Wildman–Crippen MR) is 77.2 cm³/mol. The molecule has 3 nitrogen and oxygen atoms in total. The molecule has 0 rings (SSSR count). The Balaban J connectivity index is 3.61. The first-order chi connectivity index (χ1) is 8.10. The Kier molecular flexibility index (Phi) is 10.8. The number of carbonyl (C=O) groups excluding carboxylic acids is 1. The first kappa shape index (κ1) is 16.8. The normalized spacial score (nSPS) is 12.8. The lowest BCUT2D eigenvalue weighted by atomic mass is 9.94. The summed E-state index contributed by atoms with van der Waals surface area (Å²) >= 11 is 1.92. The summed E-state index contributed by atoms with van der Waals surface area (Å²) < 4.78 is 0. The second kappa shape index (κ2) is 10.9. The summed E-state index contributed by atoms with van der Waals surface area (Å²) in [6, 6.07) is 0. The number of carbonyl (C=O) groups is 1. The quantitative estimate of drug-likeness (QED) is 0.592. The second-order valence-corrected chi connectivity index (χ2v) is 6.23. The van der Waals surface area contributed by atoms with E-state index >= 15 is 0 Å². The van der Waals surface area contributed by atoms with Crippen molar-refractivity contribution in [1.29, 1.82) is 0 Å². The van der Waals surface area contributed by atoms with E-state index in [1.165, 1.54) is 0 Å². The zero-order valence-electron chi connectivity index (χ0n) is 11.5. The Labute approximate surface area is 110 Å². The molecule has 0 aromatic heterocycles. The molecule has 0 aromatic rings. The molecular weight excluding hydrogens is 232 g/mol. The fourth-order valence-electron chi connectivity index (χ4n) is 1.81. The maximum Gasteiger partial charge on any atom is 0.220 e. The molecule has 0 aliphatic heterocycles. The van der Waals surface area contributed by atoms with Crippen molar-refractivity contribution >= 4 is 17.7 Å².